The van der Waals surface area contributed by atoms with E-state index in [0.717, 1.165) is 37.4 Å². The number of aromatic nitrogens is 3. The van der Waals surface area contributed by atoms with Gasteiger partial charge in [-0.05, 0) is 35.9 Å². The van der Waals surface area contributed by atoms with Crippen LogP contribution in [-0.2, 0) is 0 Å². The quantitative estimate of drug-likeness (QED) is 0.682. The van der Waals surface area contributed by atoms with E-state index in [9.17, 15) is 0 Å². The number of hydrogen-bond donors (Lipinski definition) is 2. The zero-order valence-electron chi connectivity index (χ0n) is 10.9. The lowest BCUT2D eigenvalue weighted by Gasteiger charge is -2.07. The van der Waals surface area contributed by atoms with Crippen LogP contribution in [-0.4, -0.2) is 39.5 Å². The molecule has 0 radical (unpaired) electrons. The van der Waals surface area contributed by atoms with Crippen LogP contribution >= 0.6 is 23.4 Å². The van der Waals surface area contributed by atoms with Gasteiger partial charge in [-0.3, -0.25) is 0 Å². The van der Waals surface area contributed by atoms with Crippen LogP contribution in [0.3, 0.4) is 0 Å². The zero-order valence-corrected chi connectivity index (χ0v) is 12.4. The second-order valence-corrected chi connectivity index (χ2v) is 5.39. The van der Waals surface area contributed by atoms with Crippen LogP contribution in [0.15, 0.2) is 0 Å². The number of hydrogen-bond acceptors (Lipinski definition) is 6. The molecule has 5 nitrogen and oxygen atoms in total. The third-order valence-electron chi connectivity index (χ3n) is 2.09. The average Bonchev–Trinajstić information content (AvgIpc) is 2.35. The van der Waals surface area contributed by atoms with Gasteiger partial charge in [0.1, 0.15) is 0 Å². The monoisotopic (exact) mass is 289 g/mol. The van der Waals surface area contributed by atoms with Gasteiger partial charge in [0.2, 0.25) is 17.2 Å². The lowest BCUT2D eigenvalue weighted by atomic mass is 10.5. The van der Waals surface area contributed by atoms with Crippen LogP contribution < -0.4 is 10.6 Å². The molecular formula is C11H20ClN5S. The first-order chi connectivity index (χ1) is 8.76. The Morgan fingerprint density at radius 2 is 1.72 bits per heavy atom. The smallest absolute Gasteiger partial charge is 0.228 e. The molecule has 0 saturated heterocycles. The van der Waals surface area contributed by atoms with E-state index in [2.05, 4.69) is 39.4 Å². The number of halogens is 1. The van der Waals surface area contributed by atoms with Gasteiger partial charge in [-0.1, -0.05) is 13.8 Å². The minimum atomic E-state index is 0.217. The molecule has 1 heterocycles. The molecule has 0 bridgehead atoms. The molecule has 0 aromatic carbocycles. The first-order valence-corrected chi connectivity index (χ1v) is 7.76. The number of nitrogens with zero attached hydrogens (tertiary/aromatic N) is 3. The summed E-state index contributed by atoms with van der Waals surface area (Å²) in [5.74, 6) is 3.36. The predicted molar refractivity (Wildman–Crippen MR) is 79.7 cm³/mol. The molecule has 18 heavy (non-hydrogen) atoms. The molecule has 0 amide bonds. The van der Waals surface area contributed by atoms with Gasteiger partial charge in [-0.25, -0.2) is 0 Å². The standard InChI is InChI=1S/C11H20ClN5S/c1-3-6-13-10-15-9(12)16-11(17-10)14-7-5-8-18-4-2/h3-8H2,1-2H3,(H2,13,14,15,16,17). The molecule has 0 spiro atoms. The molecule has 0 aliphatic carbocycles. The number of anilines is 2. The van der Waals surface area contributed by atoms with Crippen molar-refractivity contribution in [3.8, 4) is 0 Å². The molecule has 0 atom stereocenters. The largest absolute Gasteiger partial charge is 0.354 e. The summed E-state index contributed by atoms with van der Waals surface area (Å²) < 4.78 is 0. The number of rotatable bonds is 9. The molecule has 0 aliphatic rings. The third kappa shape index (κ3) is 6.26. The highest BCUT2D eigenvalue weighted by molar-refractivity contribution is 7.99. The Labute approximate surface area is 118 Å². The van der Waals surface area contributed by atoms with Crippen molar-refractivity contribution in [1.29, 1.82) is 0 Å². The molecule has 0 saturated carbocycles. The van der Waals surface area contributed by atoms with E-state index >= 15 is 0 Å². The highest BCUT2D eigenvalue weighted by atomic mass is 35.5. The fraction of sp³-hybridized carbons (Fsp3) is 0.727. The molecular weight excluding hydrogens is 270 g/mol. The summed E-state index contributed by atoms with van der Waals surface area (Å²) in [7, 11) is 0. The Bertz CT molecular complexity index is 350. The van der Waals surface area contributed by atoms with Crippen molar-refractivity contribution in [2.45, 2.75) is 26.7 Å². The second kappa shape index (κ2) is 9.22. The summed E-state index contributed by atoms with van der Waals surface area (Å²) >= 11 is 7.77. The normalized spacial score (nSPS) is 10.4. The Morgan fingerprint density at radius 1 is 1.06 bits per heavy atom. The second-order valence-electron chi connectivity index (χ2n) is 3.66. The molecule has 0 fully saturated rings. The molecule has 1 aromatic rings. The Morgan fingerprint density at radius 3 is 2.33 bits per heavy atom. The van der Waals surface area contributed by atoms with Gasteiger partial charge in [-0.2, -0.15) is 26.7 Å². The Balaban J connectivity index is 2.41. The van der Waals surface area contributed by atoms with Crippen LogP contribution in [0.1, 0.15) is 26.7 Å². The molecule has 1 rings (SSSR count). The number of nitrogens with one attached hydrogen (secondary N) is 2. The summed E-state index contributed by atoms with van der Waals surface area (Å²) in [6, 6.07) is 0. The van der Waals surface area contributed by atoms with Gasteiger partial charge in [-0.15, -0.1) is 0 Å². The van der Waals surface area contributed by atoms with E-state index in [1.54, 1.807) is 0 Å². The van der Waals surface area contributed by atoms with Crippen LogP contribution in [0, 0.1) is 0 Å². The van der Waals surface area contributed by atoms with Crippen LogP contribution in [0.2, 0.25) is 5.28 Å². The van der Waals surface area contributed by atoms with E-state index in [1.807, 2.05) is 11.8 Å². The number of thioether (sulfide) groups is 1. The van der Waals surface area contributed by atoms with Gasteiger partial charge in [0.15, 0.2) is 0 Å². The summed E-state index contributed by atoms with van der Waals surface area (Å²) in [6.45, 7) is 5.92. The molecule has 0 aliphatic heterocycles. The van der Waals surface area contributed by atoms with Crippen LogP contribution in [0.5, 0.6) is 0 Å². The lowest BCUT2D eigenvalue weighted by molar-refractivity contribution is 0.920. The van der Waals surface area contributed by atoms with Gasteiger partial charge in [0, 0.05) is 13.1 Å². The first-order valence-electron chi connectivity index (χ1n) is 6.23. The minimum absolute atomic E-state index is 0.217. The lowest BCUT2D eigenvalue weighted by Crippen LogP contribution is -2.11. The van der Waals surface area contributed by atoms with E-state index in [0.29, 0.717) is 11.9 Å². The summed E-state index contributed by atoms with van der Waals surface area (Å²) in [5, 5.41) is 6.47. The van der Waals surface area contributed by atoms with E-state index in [-0.39, 0.29) is 5.28 Å². The maximum atomic E-state index is 5.85. The topological polar surface area (TPSA) is 62.7 Å². The van der Waals surface area contributed by atoms with Crippen LogP contribution in [0.4, 0.5) is 11.9 Å². The van der Waals surface area contributed by atoms with Crippen molar-refractivity contribution in [3.05, 3.63) is 5.28 Å². The van der Waals surface area contributed by atoms with E-state index in [1.165, 1.54) is 0 Å². The van der Waals surface area contributed by atoms with Crippen molar-refractivity contribution < 1.29 is 0 Å². The average molecular weight is 290 g/mol. The predicted octanol–water partition coefficient (Wildman–Crippen LogP) is 2.90. The van der Waals surface area contributed by atoms with Crippen LogP contribution in [0.25, 0.3) is 0 Å². The summed E-state index contributed by atoms with van der Waals surface area (Å²) in [5.41, 5.74) is 0. The molecule has 7 heteroatoms. The van der Waals surface area contributed by atoms with Gasteiger partial charge >= 0.3 is 0 Å². The summed E-state index contributed by atoms with van der Waals surface area (Å²) in [6.07, 6.45) is 2.10. The summed E-state index contributed by atoms with van der Waals surface area (Å²) in [4.78, 5) is 12.3. The van der Waals surface area contributed by atoms with E-state index < -0.39 is 0 Å². The maximum absolute atomic E-state index is 5.85. The van der Waals surface area contributed by atoms with Gasteiger partial charge in [0.25, 0.3) is 0 Å². The zero-order chi connectivity index (χ0) is 13.2. The molecule has 0 unspecified atom stereocenters. The third-order valence-corrected chi connectivity index (χ3v) is 3.25. The highest BCUT2D eigenvalue weighted by Crippen LogP contribution is 2.10. The molecule has 102 valence electrons. The Kier molecular flexibility index (Phi) is 7.84. The molecule has 2 N–H and O–H groups in total. The highest BCUT2D eigenvalue weighted by Gasteiger charge is 2.03. The van der Waals surface area contributed by atoms with Crippen molar-refractivity contribution in [1.82, 2.24) is 15.0 Å². The van der Waals surface area contributed by atoms with Gasteiger partial charge < -0.3 is 10.6 Å². The van der Waals surface area contributed by atoms with Crippen molar-refractivity contribution in [3.63, 3.8) is 0 Å². The first kappa shape index (κ1) is 15.3. The SMILES string of the molecule is CCCNc1nc(Cl)nc(NCCCSCC)n1. The van der Waals surface area contributed by atoms with Crippen molar-refractivity contribution in [2.24, 2.45) is 0 Å². The Hall–Kier alpha value is -0.750. The van der Waals surface area contributed by atoms with E-state index in [4.69, 9.17) is 11.6 Å². The minimum Gasteiger partial charge on any atom is -0.354 e. The van der Waals surface area contributed by atoms with Crippen molar-refractivity contribution in [2.75, 3.05) is 35.2 Å². The van der Waals surface area contributed by atoms with Gasteiger partial charge in [0.05, 0.1) is 0 Å². The van der Waals surface area contributed by atoms with Crippen molar-refractivity contribution >= 4 is 35.3 Å². The maximum Gasteiger partial charge on any atom is 0.228 e. The molecule has 1 aromatic heterocycles. The fourth-order valence-corrected chi connectivity index (χ4v) is 2.06. The fourth-order valence-electron chi connectivity index (χ4n) is 1.26.